The lowest BCUT2D eigenvalue weighted by atomic mass is 10.3. The van der Waals surface area contributed by atoms with Crippen LogP contribution in [0.2, 0.25) is 0 Å². The summed E-state index contributed by atoms with van der Waals surface area (Å²) in [5.74, 6) is -0.360. The molecular formula is C11H16N4O6. The first-order chi connectivity index (χ1) is 10.1. The minimum atomic E-state index is -0.683. The maximum absolute atomic E-state index is 10.8. The Hall–Kier alpha value is -2.46. The molecule has 116 valence electrons. The average molecular weight is 300 g/mol. The maximum atomic E-state index is 10.8. The fraction of sp³-hybridized carbons (Fsp3) is 0.455. The largest absolute Gasteiger partial charge is 0.475 e. The van der Waals surface area contributed by atoms with Gasteiger partial charge in [0, 0.05) is 19.2 Å². The summed E-state index contributed by atoms with van der Waals surface area (Å²) in [4.78, 5) is 14.0. The Morgan fingerprint density at radius 1 is 1.43 bits per heavy atom. The molecule has 0 aliphatic heterocycles. The SMILES string of the molecule is COCCOCCOc1ccc([N+](=O)[O-])c(/C(N)=N/O)n1. The average Bonchev–Trinajstić information content (AvgIpc) is 2.49. The topological polar surface area (TPSA) is 142 Å². The first-order valence-electron chi connectivity index (χ1n) is 5.93. The van der Waals surface area contributed by atoms with Crippen molar-refractivity contribution in [3.05, 3.63) is 27.9 Å². The second kappa shape index (κ2) is 8.66. The zero-order valence-corrected chi connectivity index (χ0v) is 11.4. The van der Waals surface area contributed by atoms with E-state index < -0.39 is 10.8 Å². The van der Waals surface area contributed by atoms with E-state index in [2.05, 4.69) is 10.1 Å². The van der Waals surface area contributed by atoms with Crippen LogP contribution in [0.4, 0.5) is 5.69 Å². The van der Waals surface area contributed by atoms with Crippen LogP contribution in [-0.2, 0) is 9.47 Å². The van der Waals surface area contributed by atoms with Crippen LogP contribution in [0.15, 0.2) is 17.3 Å². The van der Waals surface area contributed by atoms with Crippen molar-refractivity contribution in [1.82, 2.24) is 4.98 Å². The molecule has 0 saturated heterocycles. The summed E-state index contributed by atoms with van der Waals surface area (Å²) in [7, 11) is 1.56. The summed E-state index contributed by atoms with van der Waals surface area (Å²) < 4.78 is 15.3. The number of hydrogen-bond donors (Lipinski definition) is 2. The van der Waals surface area contributed by atoms with Crippen molar-refractivity contribution in [2.24, 2.45) is 10.9 Å². The van der Waals surface area contributed by atoms with Crippen molar-refractivity contribution < 1.29 is 24.3 Å². The molecule has 1 rings (SSSR count). The molecule has 0 spiro atoms. The minimum absolute atomic E-state index is 0.109. The fourth-order valence-electron chi connectivity index (χ4n) is 1.35. The molecule has 0 aliphatic carbocycles. The molecule has 0 aliphatic rings. The molecule has 0 saturated carbocycles. The number of methoxy groups -OCH3 is 1. The monoisotopic (exact) mass is 300 g/mol. The summed E-state index contributed by atoms with van der Waals surface area (Å²) in [6.07, 6.45) is 0. The van der Waals surface area contributed by atoms with Gasteiger partial charge in [-0.05, 0) is 0 Å². The number of oxime groups is 1. The van der Waals surface area contributed by atoms with Crippen LogP contribution in [0.5, 0.6) is 5.88 Å². The molecule has 0 radical (unpaired) electrons. The third-order valence-electron chi connectivity index (χ3n) is 2.30. The van der Waals surface area contributed by atoms with Crippen LogP contribution in [0.25, 0.3) is 0 Å². The van der Waals surface area contributed by atoms with Crippen LogP contribution in [0.1, 0.15) is 5.69 Å². The molecule has 10 nitrogen and oxygen atoms in total. The van der Waals surface area contributed by atoms with Crippen molar-refractivity contribution >= 4 is 11.5 Å². The number of pyridine rings is 1. The number of hydrogen-bond acceptors (Lipinski definition) is 8. The number of nitrogens with zero attached hydrogens (tertiary/aromatic N) is 3. The van der Waals surface area contributed by atoms with Gasteiger partial charge < -0.3 is 25.2 Å². The summed E-state index contributed by atoms with van der Waals surface area (Å²) in [6.45, 7) is 1.41. The highest BCUT2D eigenvalue weighted by Gasteiger charge is 2.20. The zero-order valence-electron chi connectivity index (χ0n) is 11.4. The summed E-state index contributed by atoms with van der Waals surface area (Å²) in [5, 5.41) is 22.1. The summed E-state index contributed by atoms with van der Waals surface area (Å²) in [5.41, 5.74) is 4.71. The molecule has 0 bridgehead atoms. The predicted octanol–water partition coefficient (Wildman–Crippen LogP) is 0.126. The van der Waals surface area contributed by atoms with Gasteiger partial charge in [-0.2, -0.15) is 0 Å². The van der Waals surface area contributed by atoms with Crippen molar-refractivity contribution in [3.8, 4) is 5.88 Å². The smallest absolute Gasteiger partial charge is 0.299 e. The minimum Gasteiger partial charge on any atom is -0.475 e. The van der Waals surface area contributed by atoms with E-state index in [-0.39, 0.29) is 23.9 Å². The number of ether oxygens (including phenoxy) is 3. The van der Waals surface area contributed by atoms with E-state index in [9.17, 15) is 10.1 Å². The van der Waals surface area contributed by atoms with Crippen LogP contribution in [0.3, 0.4) is 0 Å². The van der Waals surface area contributed by atoms with Gasteiger partial charge in [-0.25, -0.2) is 4.98 Å². The lowest BCUT2D eigenvalue weighted by Crippen LogP contribution is -2.18. The van der Waals surface area contributed by atoms with Gasteiger partial charge in [0.1, 0.15) is 6.61 Å². The molecule has 0 amide bonds. The van der Waals surface area contributed by atoms with E-state index in [1.165, 1.54) is 12.1 Å². The molecule has 1 heterocycles. The highest BCUT2D eigenvalue weighted by molar-refractivity contribution is 5.98. The summed E-state index contributed by atoms with van der Waals surface area (Å²) in [6, 6.07) is 2.49. The lowest BCUT2D eigenvalue weighted by molar-refractivity contribution is -0.385. The van der Waals surface area contributed by atoms with E-state index in [1.54, 1.807) is 7.11 Å². The second-order valence-corrected chi connectivity index (χ2v) is 3.71. The van der Waals surface area contributed by atoms with Crippen LogP contribution in [0, 0.1) is 10.1 Å². The molecule has 10 heteroatoms. The van der Waals surface area contributed by atoms with Gasteiger partial charge in [0.25, 0.3) is 5.69 Å². The molecule has 0 aromatic carbocycles. The Bertz CT molecular complexity index is 507. The maximum Gasteiger partial charge on any atom is 0.299 e. The fourth-order valence-corrected chi connectivity index (χ4v) is 1.35. The van der Waals surface area contributed by atoms with Gasteiger partial charge in [0.05, 0.1) is 24.7 Å². The quantitative estimate of drug-likeness (QED) is 0.163. The standard InChI is InChI=1S/C11H16N4O6/c1-19-4-5-20-6-7-21-9-3-2-8(15(17)18)10(13-9)11(12)14-16/h2-3,16H,4-7H2,1H3,(H2,12,14). The van der Waals surface area contributed by atoms with Crippen LogP contribution in [-0.4, -0.2) is 54.5 Å². The number of aromatic nitrogens is 1. The third kappa shape index (κ3) is 5.20. The Morgan fingerprint density at radius 3 is 2.76 bits per heavy atom. The molecule has 1 aromatic rings. The Labute approximate surface area is 120 Å². The van der Waals surface area contributed by atoms with Crippen LogP contribution >= 0.6 is 0 Å². The van der Waals surface area contributed by atoms with Gasteiger partial charge in [-0.15, -0.1) is 0 Å². The van der Waals surface area contributed by atoms with Crippen molar-refractivity contribution in [2.75, 3.05) is 33.5 Å². The van der Waals surface area contributed by atoms with E-state index in [4.69, 9.17) is 25.2 Å². The highest BCUT2D eigenvalue weighted by atomic mass is 16.6. The van der Waals surface area contributed by atoms with E-state index in [1.807, 2.05) is 0 Å². The first kappa shape index (κ1) is 16.6. The van der Waals surface area contributed by atoms with E-state index in [0.717, 1.165) is 0 Å². The Kier molecular flexibility index (Phi) is 6.84. The third-order valence-corrected chi connectivity index (χ3v) is 2.30. The van der Waals surface area contributed by atoms with Gasteiger partial charge in [-0.1, -0.05) is 5.16 Å². The highest BCUT2D eigenvalue weighted by Crippen LogP contribution is 2.20. The van der Waals surface area contributed by atoms with Gasteiger partial charge in [-0.3, -0.25) is 10.1 Å². The molecule has 0 fully saturated rings. The normalized spacial score (nSPS) is 11.4. The second-order valence-electron chi connectivity index (χ2n) is 3.71. The lowest BCUT2D eigenvalue weighted by Gasteiger charge is -2.07. The summed E-state index contributed by atoms with van der Waals surface area (Å²) >= 11 is 0. The Morgan fingerprint density at radius 2 is 2.14 bits per heavy atom. The number of nitrogens with two attached hydrogens (primary N) is 1. The van der Waals surface area contributed by atoms with E-state index in [0.29, 0.717) is 19.8 Å². The van der Waals surface area contributed by atoms with Crippen molar-refractivity contribution in [2.45, 2.75) is 0 Å². The number of rotatable bonds is 9. The van der Waals surface area contributed by atoms with Crippen molar-refractivity contribution in [1.29, 1.82) is 0 Å². The molecule has 3 N–H and O–H groups in total. The van der Waals surface area contributed by atoms with Crippen LogP contribution < -0.4 is 10.5 Å². The van der Waals surface area contributed by atoms with Gasteiger partial charge in [0.2, 0.25) is 5.88 Å². The number of amidine groups is 1. The predicted molar refractivity (Wildman–Crippen MR) is 71.6 cm³/mol. The first-order valence-corrected chi connectivity index (χ1v) is 5.93. The van der Waals surface area contributed by atoms with Crippen molar-refractivity contribution in [3.63, 3.8) is 0 Å². The number of nitro groups is 1. The molecule has 0 unspecified atom stereocenters. The molecular weight excluding hydrogens is 284 g/mol. The van der Waals surface area contributed by atoms with E-state index >= 15 is 0 Å². The zero-order chi connectivity index (χ0) is 15.7. The molecule has 1 aromatic heterocycles. The van der Waals surface area contributed by atoms with Gasteiger partial charge >= 0.3 is 0 Å². The molecule has 0 atom stereocenters. The molecule has 21 heavy (non-hydrogen) atoms. The van der Waals surface area contributed by atoms with Gasteiger partial charge in [0.15, 0.2) is 11.5 Å². The Balaban J connectivity index is 2.66.